The highest BCUT2D eigenvalue weighted by Gasteiger charge is 2.50. The molecule has 1 saturated carbocycles. The van der Waals surface area contributed by atoms with E-state index in [9.17, 15) is 0 Å². The van der Waals surface area contributed by atoms with E-state index in [0.29, 0.717) is 5.54 Å². The Hall–Kier alpha value is -1.16. The van der Waals surface area contributed by atoms with Gasteiger partial charge < -0.3 is 4.90 Å². The van der Waals surface area contributed by atoms with E-state index in [-0.39, 0.29) is 0 Å². The molecule has 4 rings (SSSR count). The summed E-state index contributed by atoms with van der Waals surface area (Å²) in [6, 6.07) is 1.89. The van der Waals surface area contributed by atoms with Crippen molar-refractivity contribution < 1.29 is 0 Å². The average molecular weight is 244 g/mol. The largest absolute Gasteiger partial charge is 0.339 e. The van der Waals surface area contributed by atoms with Crippen molar-refractivity contribution in [3.8, 4) is 0 Å². The van der Waals surface area contributed by atoms with Crippen LogP contribution in [0.2, 0.25) is 0 Å². The van der Waals surface area contributed by atoms with Crippen molar-refractivity contribution in [2.45, 2.75) is 31.2 Å². The molecule has 0 N–H and O–H groups in total. The van der Waals surface area contributed by atoms with Gasteiger partial charge >= 0.3 is 0 Å². The van der Waals surface area contributed by atoms with Crippen LogP contribution in [0.3, 0.4) is 0 Å². The topological polar surface area (TPSA) is 32.3 Å². The fourth-order valence-electron chi connectivity index (χ4n) is 3.43. The number of likely N-dealkylation sites (tertiary alicyclic amines) is 1. The first-order valence-corrected chi connectivity index (χ1v) is 7.13. The van der Waals surface area contributed by atoms with E-state index in [1.54, 1.807) is 0 Å². The number of anilines is 1. The van der Waals surface area contributed by atoms with Crippen molar-refractivity contribution in [3.05, 3.63) is 18.5 Å². The molecule has 2 saturated heterocycles. The summed E-state index contributed by atoms with van der Waals surface area (Å²) < 4.78 is 0. The summed E-state index contributed by atoms with van der Waals surface area (Å²) in [6.45, 7) is 4.89. The Morgan fingerprint density at radius 1 is 1.17 bits per heavy atom. The molecular weight excluding hydrogens is 224 g/mol. The molecule has 0 aromatic carbocycles. The van der Waals surface area contributed by atoms with Gasteiger partial charge in [-0.3, -0.25) is 4.90 Å². The molecule has 1 aromatic rings. The van der Waals surface area contributed by atoms with Gasteiger partial charge in [0, 0.05) is 44.1 Å². The molecule has 1 aromatic heterocycles. The van der Waals surface area contributed by atoms with Gasteiger partial charge in [0.1, 0.15) is 0 Å². The Morgan fingerprint density at radius 3 is 2.61 bits per heavy atom. The molecule has 0 radical (unpaired) electrons. The van der Waals surface area contributed by atoms with Crippen LogP contribution in [0.15, 0.2) is 18.5 Å². The van der Waals surface area contributed by atoms with Crippen LogP contribution in [0.25, 0.3) is 0 Å². The van der Waals surface area contributed by atoms with Gasteiger partial charge in [-0.05, 0) is 37.7 Å². The minimum absolute atomic E-state index is 0.460. The van der Waals surface area contributed by atoms with Crippen LogP contribution >= 0.6 is 0 Å². The molecule has 96 valence electrons. The molecule has 1 aliphatic carbocycles. The van der Waals surface area contributed by atoms with Crippen molar-refractivity contribution >= 4 is 5.95 Å². The molecule has 4 nitrogen and oxygen atoms in total. The molecule has 18 heavy (non-hydrogen) atoms. The molecule has 0 bridgehead atoms. The smallest absolute Gasteiger partial charge is 0.225 e. The van der Waals surface area contributed by atoms with Crippen LogP contribution < -0.4 is 4.90 Å². The predicted molar refractivity (Wildman–Crippen MR) is 70.5 cm³/mol. The average Bonchev–Trinajstić information content (AvgIpc) is 3.11. The van der Waals surface area contributed by atoms with E-state index in [0.717, 1.165) is 25.0 Å². The molecule has 0 amide bonds. The third-order valence-corrected chi connectivity index (χ3v) is 4.86. The van der Waals surface area contributed by atoms with E-state index >= 15 is 0 Å². The molecular formula is C14H20N4. The summed E-state index contributed by atoms with van der Waals surface area (Å²) in [5.74, 6) is 1.91. The maximum atomic E-state index is 4.38. The van der Waals surface area contributed by atoms with E-state index < -0.39 is 0 Å². The summed E-state index contributed by atoms with van der Waals surface area (Å²) in [6.07, 6.45) is 9.25. The molecule has 3 heterocycles. The van der Waals surface area contributed by atoms with Crippen molar-refractivity contribution in [3.63, 3.8) is 0 Å². The van der Waals surface area contributed by atoms with Gasteiger partial charge in [0.25, 0.3) is 0 Å². The third-order valence-electron chi connectivity index (χ3n) is 4.86. The summed E-state index contributed by atoms with van der Waals surface area (Å²) in [5.41, 5.74) is 0.460. The van der Waals surface area contributed by atoms with Crippen LogP contribution in [0.5, 0.6) is 0 Å². The molecule has 3 aliphatic rings. The van der Waals surface area contributed by atoms with Gasteiger partial charge in [-0.15, -0.1) is 0 Å². The van der Waals surface area contributed by atoms with E-state index in [1.807, 2.05) is 18.5 Å². The van der Waals surface area contributed by atoms with Gasteiger partial charge in [0.15, 0.2) is 0 Å². The fourth-order valence-corrected chi connectivity index (χ4v) is 3.43. The molecule has 3 fully saturated rings. The highest BCUT2D eigenvalue weighted by Crippen LogP contribution is 2.42. The monoisotopic (exact) mass is 244 g/mol. The highest BCUT2D eigenvalue weighted by molar-refractivity contribution is 5.34. The van der Waals surface area contributed by atoms with Crippen LogP contribution in [-0.4, -0.2) is 46.6 Å². The van der Waals surface area contributed by atoms with Crippen molar-refractivity contribution in [2.75, 3.05) is 31.1 Å². The standard InChI is InChI=1S/C14H20N4/c1-6-15-13(16-7-1)17-8-4-14(11-17)5-9-18(14)10-12-2-3-12/h1,6-7,12H,2-5,8-11H2/t14-/m1/s1. The summed E-state index contributed by atoms with van der Waals surface area (Å²) in [4.78, 5) is 13.8. The Morgan fingerprint density at radius 2 is 1.94 bits per heavy atom. The number of hydrogen-bond donors (Lipinski definition) is 0. The first-order chi connectivity index (χ1) is 8.86. The molecule has 0 unspecified atom stereocenters. The van der Waals surface area contributed by atoms with Crippen LogP contribution in [-0.2, 0) is 0 Å². The lowest BCUT2D eigenvalue weighted by atomic mass is 9.83. The van der Waals surface area contributed by atoms with Gasteiger partial charge in [-0.25, -0.2) is 9.97 Å². The lowest BCUT2D eigenvalue weighted by molar-refractivity contribution is -0.000884. The van der Waals surface area contributed by atoms with Crippen LogP contribution in [0.4, 0.5) is 5.95 Å². The van der Waals surface area contributed by atoms with Crippen molar-refractivity contribution in [1.29, 1.82) is 0 Å². The number of rotatable bonds is 3. The van der Waals surface area contributed by atoms with E-state index in [4.69, 9.17) is 0 Å². The lowest BCUT2D eigenvalue weighted by Gasteiger charge is -2.51. The van der Waals surface area contributed by atoms with Crippen LogP contribution in [0, 0.1) is 5.92 Å². The van der Waals surface area contributed by atoms with E-state index in [1.165, 1.54) is 38.8 Å². The first-order valence-electron chi connectivity index (χ1n) is 7.13. The van der Waals surface area contributed by atoms with Gasteiger partial charge in [0.05, 0.1) is 0 Å². The third kappa shape index (κ3) is 1.70. The zero-order chi connectivity index (χ0) is 12.0. The summed E-state index contributed by atoms with van der Waals surface area (Å²) in [7, 11) is 0. The Balaban J connectivity index is 1.46. The zero-order valence-corrected chi connectivity index (χ0v) is 10.8. The minimum atomic E-state index is 0.460. The number of hydrogen-bond acceptors (Lipinski definition) is 4. The second-order valence-electron chi connectivity index (χ2n) is 6.08. The van der Waals surface area contributed by atoms with Crippen molar-refractivity contribution in [2.24, 2.45) is 5.92 Å². The van der Waals surface area contributed by atoms with E-state index in [2.05, 4.69) is 19.8 Å². The lowest BCUT2D eigenvalue weighted by Crippen LogP contribution is -2.61. The zero-order valence-electron chi connectivity index (χ0n) is 10.8. The van der Waals surface area contributed by atoms with Gasteiger partial charge in [0.2, 0.25) is 5.95 Å². The molecule has 4 heteroatoms. The Bertz CT molecular complexity index is 431. The molecule has 1 spiro atoms. The number of aromatic nitrogens is 2. The minimum Gasteiger partial charge on any atom is -0.339 e. The number of nitrogens with zero attached hydrogens (tertiary/aromatic N) is 4. The highest BCUT2D eigenvalue weighted by atomic mass is 15.4. The first kappa shape index (κ1) is 10.7. The quantitative estimate of drug-likeness (QED) is 0.807. The van der Waals surface area contributed by atoms with Crippen LogP contribution in [0.1, 0.15) is 25.7 Å². The normalized spacial score (nSPS) is 31.9. The second-order valence-corrected chi connectivity index (χ2v) is 6.08. The predicted octanol–water partition coefficient (Wildman–Crippen LogP) is 1.54. The molecule has 1 atom stereocenters. The van der Waals surface area contributed by atoms with Gasteiger partial charge in [-0.2, -0.15) is 0 Å². The fraction of sp³-hybridized carbons (Fsp3) is 0.714. The Kier molecular flexibility index (Phi) is 2.34. The molecule has 2 aliphatic heterocycles. The maximum absolute atomic E-state index is 4.38. The summed E-state index contributed by atoms with van der Waals surface area (Å²) >= 11 is 0. The Labute approximate surface area is 108 Å². The maximum Gasteiger partial charge on any atom is 0.225 e. The van der Waals surface area contributed by atoms with Gasteiger partial charge in [-0.1, -0.05) is 0 Å². The summed E-state index contributed by atoms with van der Waals surface area (Å²) in [5, 5.41) is 0. The van der Waals surface area contributed by atoms with Crippen molar-refractivity contribution in [1.82, 2.24) is 14.9 Å². The SMILES string of the molecule is c1cnc(N2CC[C@@]3(CCN3CC3CC3)C2)nc1. The second kappa shape index (κ2) is 3.92.